The minimum absolute atomic E-state index is 0.0201. The van der Waals surface area contributed by atoms with Gasteiger partial charge in [-0.3, -0.25) is 4.79 Å². The maximum Gasteiger partial charge on any atom is 0.251 e. The molecule has 1 aromatic carbocycles. The van der Waals surface area contributed by atoms with Crippen molar-refractivity contribution in [2.75, 3.05) is 20.4 Å². The van der Waals surface area contributed by atoms with E-state index in [1.807, 2.05) is 18.2 Å². The van der Waals surface area contributed by atoms with Gasteiger partial charge in [0.05, 0.1) is 0 Å². The van der Waals surface area contributed by atoms with Crippen molar-refractivity contribution in [3.63, 3.8) is 0 Å². The van der Waals surface area contributed by atoms with Gasteiger partial charge in [-0.25, -0.2) is 0 Å². The Hall–Kier alpha value is -1.75. The van der Waals surface area contributed by atoms with E-state index in [0.29, 0.717) is 19.1 Å². The third-order valence-corrected chi connectivity index (χ3v) is 3.26. The zero-order valence-electron chi connectivity index (χ0n) is 13.1. The van der Waals surface area contributed by atoms with E-state index in [2.05, 4.69) is 13.8 Å². The van der Waals surface area contributed by atoms with Crippen molar-refractivity contribution in [3.8, 4) is 11.5 Å². The van der Waals surface area contributed by atoms with Crippen LogP contribution in [0.1, 0.15) is 26.3 Å². The lowest BCUT2D eigenvalue weighted by Crippen LogP contribution is -2.36. The number of hydrogen-bond donors (Lipinski definition) is 0. The molecule has 1 aromatic rings. The van der Waals surface area contributed by atoms with E-state index in [4.69, 9.17) is 14.2 Å². The maximum absolute atomic E-state index is 12.2. The van der Waals surface area contributed by atoms with Gasteiger partial charge >= 0.3 is 0 Å². The quantitative estimate of drug-likeness (QED) is 0.808. The molecule has 1 heterocycles. The number of carbonyl (C=O) groups excluding carboxylic acids is 1. The Morgan fingerprint density at radius 2 is 2.00 bits per heavy atom. The summed E-state index contributed by atoms with van der Waals surface area (Å²) >= 11 is 0. The van der Waals surface area contributed by atoms with Crippen molar-refractivity contribution in [1.82, 2.24) is 4.90 Å². The Morgan fingerprint density at radius 3 is 2.71 bits per heavy atom. The lowest BCUT2D eigenvalue weighted by atomic mass is 10.2. The van der Waals surface area contributed by atoms with Crippen LogP contribution in [0.5, 0.6) is 11.5 Å². The molecule has 0 N–H and O–H groups in total. The molecule has 1 amide bonds. The van der Waals surface area contributed by atoms with Crippen LogP contribution in [-0.2, 0) is 16.1 Å². The van der Waals surface area contributed by atoms with E-state index in [0.717, 1.165) is 17.1 Å². The highest BCUT2D eigenvalue weighted by atomic mass is 16.7. The second kappa shape index (κ2) is 6.80. The van der Waals surface area contributed by atoms with Crippen LogP contribution in [0, 0.1) is 5.92 Å². The summed E-state index contributed by atoms with van der Waals surface area (Å²) in [4.78, 5) is 13.9. The molecule has 21 heavy (non-hydrogen) atoms. The van der Waals surface area contributed by atoms with Crippen molar-refractivity contribution >= 4 is 5.91 Å². The normalized spacial score (nSPS) is 14.3. The Labute approximate surface area is 125 Å². The van der Waals surface area contributed by atoms with Gasteiger partial charge in [0, 0.05) is 20.2 Å². The van der Waals surface area contributed by atoms with Gasteiger partial charge in [0.2, 0.25) is 6.79 Å². The number of likely N-dealkylation sites (N-methyl/N-ethyl adjacent to an activating group) is 1. The minimum atomic E-state index is -0.425. The molecule has 0 aromatic heterocycles. The second-order valence-electron chi connectivity index (χ2n) is 5.75. The van der Waals surface area contributed by atoms with Crippen molar-refractivity contribution in [2.24, 2.45) is 5.92 Å². The standard InChI is InChI=1S/C16H23NO4/c1-11(2)9-19-12(3)16(18)17(4)8-13-5-6-14-15(7-13)21-10-20-14/h5-7,11-12H,8-10H2,1-4H3. The van der Waals surface area contributed by atoms with Crippen molar-refractivity contribution < 1.29 is 19.0 Å². The van der Waals surface area contributed by atoms with E-state index in [-0.39, 0.29) is 12.7 Å². The van der Waals surface area contributed by atoms with Crippen molar-refractivity contribution in [3.05, 3.63) is 23.8 Å². The lowest BCUT2D eigenvalue weighted by Gasteiger charge is -2.22. The van der Waals surface area contributed by atoms with Gasteiger partial charge < -0.3 is 19.1 Å². The third-order valence-electron chi connectivity index (χ3n) is 3.26. The second-order valence-corrected chi connectivity index (χ2v) is 5.75. The first-order valence-corrected chi connectivity index (χ1v) is 7.22. The molecule has 2 rings (SSSR count). The van der Waals surface area contributed by atoms with Gasteiger partial charge in [-0.05, 0) is 30.5 Å². The Balaban J connectivity index is 1.91. The van der Waals surface area contributed by atoms with Gasteiger partial charge in [-0.1, -0.05) is 19.9 Å². The zero-order chi connectivity index (χ0) is 15.4. The van der Waals surface area contributed by atoms with Crippen LogP contribution in [0.4, 0.5) is 0 Å². The molecule has 0 saturated carbocycles. The summed E-state index contributed by atoms with van der Waals surface area (Å²) in [5, 5.41) is 0. The largest absolute Gasteiger partial charge is 0.454 e. The zero-order valence-corrected chi connectivity index (χ0v) is 13.1. The van der Waals surface area contributed by atoms with Gasteiger partial charge in [0.25, 0.3) is 5.91 Å². The van der Waals surface area contributed by atoms with Gasteiger partial charge in [0.1, 0.15) is 6.10 Å². The predicted molar refractivity (Wildman–Crippen MR) is 79.3 cm³/mol. The highest BCUT2D eigenvalue weighted by molar-refractivity contribution is 5.80. The molecule has 1 aliphatic rings. The van der Waals surface area contributed by atoms with E-state index >= 15 is 0 Å². The van der Waals surface area contributed by atoms with Crippen LogP contribution in [0.2, 0.25) is 0 Å². The van der Waals surface area contributed by atoms with E-state index in [9.17, 15) is 4.79 Å². The van der Waals surface area contributed by atoms with Crippen LogP contribution in [-0.4, -0.2) is 37.4 Å². The highest BCUT2D eigenvalue weighted by Crippen LogP contribution is 2.32. The summed E-state index contributed by atoms with van der Waals surface area (Å²) < 4.78 is 16.2. The smallest absolute Gasteiger partial charge is 0.251 e. The van der Waals surface area contributed by atoms with Gasteiger partial charge in [0.15, 0.2) is 11.5 Å². The number of ether oxygens (including phenoxy) is 3. The third kappa shape index (κ3) is 4.11. The molecule has 0 radical (unpaired) electrons. The fourth-order valence-electron chi connectivity index (χ4n) is 2.11. The van der Waals surface area contributed by atoms with Crippen LogP contribution in [0.25, 0.3) is 0 Å². The van der Waals surface area contributed by atoms with Crippen molar-refractivity contribution in [1.29, 1.82) is 0 Å². The molecular formula is C16H23NO4. The summed E-state index contributed by atoms with van der Waals surface area (Å²) in [7, 11) is 1.78. The number of benzene rings is 1. The highest BCUT2D eigenvalue weighted by Gasteiger charge is 2.20. The molecule has 0 spiro atoms. The first kappa shape index (κ1) is 15.6. The fraction of sp³-hybridized carbons (Fsp3) is 0.562. The molecule has 5 nitrogen and oxygen atoms in total. The van der Waals surface area contributed by atoms with Gasteiger partial charge in [-0.15, -0.1) is 0 Å². The topological polar surface area (TPSA) is 48.0 Å². The fourth-order valence-corrected chi connectivity index (χ4v) is 2.11. The van der Waals surface area contributed by atoms with Crippen LogP contribution in [0.15, 0.2) is 18.2 Å². The van der Waals surface area contributed by atoms with E-state index in [1.54, 1.807) is 18.9 Å². The minimum Gasteiger partial charge on any atom is -0.454 e. The number of nitrogens with zero attached hydrogens (tertiary/aromatic N) is 1. The molecule has 1 unspecified atom stereocenters. The maximum atomic E-state index is 12.2. The number of carbonyl (C=O) groups is 1. The molecule has 5 heteroatoms. The van der Waals surface area contributed by atoms with Crippen LogP contribution < -0.4 is 9.47 Å². The molecule has 1 aliphatic heterocycles. The molecule has 0 saturated heterocycles. The summed E-state index contributed by atoms with van der Waals surface area (Å²) in [5.41, 5.74) is 1.01. The van der Waals surface area contributed by atoms with Crippen molar-refractivity contribution in [2.45, 2.75) is 33.4 Å². The predicted octanol–water partition coefficient (Wildman–Crippen LogP) is 2.43. The average Bonchev–Trinajstić information content (AvgIpc) is 2.91. The van der Waals surface area contributed by atoms with Gasteiger partial charge in [-0.2, -0.15) is 0 Å². The Bertz CT molecular complexity index is 501. The first-order chi connectivity index (χ1) is 9.97. The molecule has 0 aliphatic carbocycles. The number of fused-ring (bicyclic) bond motifs is 1. The van der Waals surface area contributed by atoms with Crippen LogP contribution in [0.3, 0.4) is 0 Å². The summed E-state index contributed by atoms with van der Waals surface area (Å²) in [6.45, 7) is 7.28. The molecule has 1 atom stereocenters. The molecule has 0 bridgehead atoms. The SMILES string of the molecule is CC(C)COC(C)C(=O)N(C)Cc1ccc2c(c1)OCO2. The molecule has 116 valence electrons. The molecular weight excluding hydrogens is 270 g/mol. The monoisotopic (exact) mass is 293 g/mol. The Morgan fingerprint density at radius 1 is 1.29 bits per heavy atom. The summed E-state index contributed by atoms with van der Waals surface area (Å²) in [5.74, 6) is 1.88. The first-order valence-electron chi connectivity index (χ1n) is 7.22. The lowest BCUT2D eigenvalue weighted by molar-refractivity contribution is -0.142. The molecule has 0 fully saturated rings. The number of amides is 1. The van der Waals surface area contributed by atoms with Crippen LogP contribution >= 0.6 is 0 Å². The Kier molecular flexibility index (Phi) is 5.07. The average molecular weight is 293 g/mol. The number of hydrogen-bond acceptors (Lipinski definition) is 4. The summed E-state index contributed by atoms with van der Waals surface area (Å²) in [6.07, 6.45) is -0.425. The number of rotatable bonds is 6. The van der Waals surface area contributed by atoms with E-state index in [1.165, 1.54) is 0 Å². The summed E-state index contributed by atoms with van der Waals surface area (Å²) in [6, 6.07) is 5.72. The van der Waals surface area contributed by atoms with E-state index < -0.39 is 6.10 Å².